The van der Waals surface area contributed by atoms with E-state index >= 15 is 0 Å². The highest BCUT2D eigenvalue weighted by Gasteiger charge is 2.14. The molecule has 1 aromatic heterocycles. The average molecular weight is 293 g/mol. The number of aromatic nitrogens is 1. The summed E-state index contributed by atoms with van der Waals surface area (Å²) in [6.07, 6.45) is 0. The van der Waals surface area contributed by atoms with Crippen molar-refractivity contribution in [1.29, 1.82) is 5.41 Å². The number of halogens is 2. The molecular formula is C14H13F2N3S. The third-order valence-electron chi connectivity index (χ3n) is 2.69. The number of aryl methyl sites for hydroxylation is 2. The molecule has 20 heavy (non-hydrogen) atoms. The maximum Gasteiger partial charge on any atom is 0.159 e. The first-order valence-corrected chi connectivity index (χ1v) is 6.65. The zero-order valence-electron chi connectivity index (χ0n) is 11.0. The zero-order valence-corrected chi connectivity index (χ0v) is 11.8. The van der Waals surface area contributed by atoms with Crippen LogP contribution >= 0.6 is 11.8 Å². The molecule has 0 aliphatic carbocycles. The van der Waals surface area contributed by atoms with Gasteiger partial charge in [0.05, 0.1) is 5.56 Å². The SMILES string of the molecule is Cc1cc(C)c(C(=N)N)c(Sc2ccc(F)c(F)c2)n1. The van der Waals surface area contributed by atoms with Gasteiger partial charge in [-0.1, -0.05) is 11.8 Å². The Balaban J connectivity index is 2.47. The lowest BCUT2D eigenvalue weighted by Crippen LogP contribution is -2.15. The summed E-state index contributed by atoms with van der Waals surface area (Å²) in [6.45, 7) is 3.66. The van der Waals surface area contributed by atoms with Gasteiger partial charge in [0.1, 0.15) is 10.9 Å². The number of nitrogens with one attached hydrogen (secondary N) is 1. The summed E-state index contributed by atoms with van der Waals surface area (Å²) in [4.78, 5) is 4.83. The maximum absolute atomic E-state index is 13.2. The van der Waals surface area contributed by atoms with E-state index in [1.165, 1.54) is 6.07 Å². The van der Waals surface area contributed by atoms with Crippen molar-refractivity contribution >= 4 is 17.6 Å². The van der Waals surface area contributed by atoms with Crippen LogP contribution in [-0.4, -0.2) is 10.8 Å². The van der Waals surface area contributed by atoms with Crippen LogP contribution in [-0.2, 0) is 0 Å². The lowest BCUT2D eigenvalue weighted by molar-refractivity contribution is 0.506. The summed E-state index contributed by atoms with van der Waals surface area (Å²) >= 11 is 1.16. The van der Waals surface area contributed by atoms with Gasteiger partial charge in [-0.3, -0.25) is 5.41 Å². The standard InChI is InChI=1S/C14H13F2N3S/c1-7-5-8(2)19-14(12(7)13(17)18)20-9-3-4-10(15)11(16)6-9/h3-6H,1-2H3,(H3,17,18). The van der Waals surface area contributed by atoms with Gasteiger partial charge in [-0.05, 0) is 43.7 Å². The molecule has 2 aromatic rings. The fraction of sp³-hybridized carbons (Fsp3) is 0.143. The highest BCUT2D eigenvalue weighted by Crippen LogP contribution is 2.31. The van der Waals surface area contributed by atoms with Gasteiger partial charge in [0, 0.05) is 10.6 Å². The normalized spacial score (nSPS) is 10.6. The molecule has 0 amide bonds. The quantitative estimate of drug-likeness (QED) is 0.673. The van der Waals surface area contributed by atoms with Crippen LogP contribution in [0.4, 0.5) is 8.78 Å². The molecule has 0 spiro atoms. The maximum atomic E-state index is 13.2. The van der Waals surface area contributed by atoms with Crippen molar-refractivity contribution in [2.24, 2.45) is 5.73 Å². The fourth-order valence-electron chi connectivity index (χ4n) is 1.86. The summed E-state index contributed by atoms with van der Waals surface area (Å²) in [5, 5.41) is 8.13. The molecule has 0 saturated heterocycles. The molecule has 0 radical (unpaired) electrons. The molecule has 0 bridgehead atoms. The van der Waals surface area contributed by atoms with Crippen LogP contribution in [0, 0.1) is 30.9 Å². The predicted molar refractivity (Wildman–Crippen MR) is 75.2 cm³/mol. The summed E-state index contributed by atoms with van der Waals surface area (Å²) in [7, 11) is 0. The lowest BCUT2D eigenvalue weighted by Gasteiger charge is -2.11. The van der Waals surface area contributed by atoms with Gasteiger partial charge >= 0.3 is 0 Å². The molecule has 0 saturated carbocycles. The van der Waals surface area contributed by atoms with E-state index in [0.717, 1.165) is 35.2 Å². The van der Waals surface area contributed by atoms with Crippen LogP contribution in [0.15, 0.2) is 34.2 Å². The van der Waals surface area contributed by atoms with Crippen molar-refractivity contribution in [3.63, 3.8) is 0 Å². The number of benzene rings is 1. The molecule has 2 rings (SSSR count). The predicted octanol–water partition coefficient (Wildman–Crippen LogP) is 3.41. The molecule has 0 aliphatic heterocycles. The summed E-state index contributed by atoms with van der Waals surface area (Å²) in [5.74, 6) is -1.90. The average Bonchev–Trinajstić information content (AvgIpc) is 2.32. The molecule has 3 nitrogen and oxygen atoms in total. The minimum atomic E-state index is -0.913. The van der Waals surface area contributed by atoms with Crippen LogP contribution in [0.25, 0.3) is 0 Å². The van der Waals surface area contributed by atoms with E-state index in [2.05, 4.69) is 4.98 Å². The van der Waals surface area contributed by atoms with E-state index in [1.807, 2.05) is 19.9 Å². The van der Waals surface area contributed by atoms with Gasteiger partial charge in [-0.2, -0.15) is 0 Å². The second-order valence-corrected chi connectivity index (χ2v) is 5.41. The minimum Gasteiger partial charge on any atom is -0.384 e. The topological polar surface area (TPSA) is 62.8 Å². The highest BCUT2D eigenvalue weighted by atomic mass is 32.2. The third kappa shape index (κ3) is 2.96. The van der Waals surface area contributed by atoms with Gasteiger partial charge in [0.25, 0.3) is 0 Å². The largest absolute Gasteiger partial charge is 0.384 e. The fourth-order valence-corrected chi connectivity index (χ4v) is 2.94. The van der Waals surface area contributed by atoms with Crippen molar-refractivity contribution in [2.75, 3.05) is 0 Å². The van der Waals surface area contributed by atoms with Gasteiger partial charge in [0.15, 0.2) is 11.6 Å². The number of pyridine rings is 1. The molecular weight excluding hydrogens is 280 g/mol. The Bertz CT molecular complexity index is 686. The molecule has 104 valence electrons. The van der Waals surface area contributed by atoms with E-state index in [4.69, 9.17) is 11.1 Å². The number of nitrogen functional groups attached to an aromatic ring is 1. The van der Waals surface area contributed by atoms with Crippen molar-refractivity contribution in [1.82, 2.24) is 4.98 Å². The Morgan fingerprint density at radius 3 is 2.50 bits per heavy atom. The smallest absolute Gasteiger partial charge is 0.159 e. The lowest BCUT2D eigenvalue weighted by atomic mass is 10.1. The molecule has 1 heterocycles. The van der Waals surface area contributed by atoms with E-state index in [9.17, 15) is 8.78 Å². The van der Waals surface area contributed by atoms with E-state index < -0.39 is 11.6 Å². The highest BCUT2D eigenvalue weighted by molar-refractivity contribution is 7.99. The number of hydrogen-bond acceptors (Lipinski definition) is 3. The molecule has 6 heteroatoms. The van der Waals surface area contributed by atoms with Crippen molar-refractivity contribution in [2.45, 2.75) is 23.8 Å². The van der Waals surface area contributed by atoms with Gasteiger partial charge < -0.3 is 5.73 Å². The molecule has 0 unspecified atom stereocenters. The Labute approximate surface area is 119 Å². The number of rotatable bonds is 3. The number of amidine groups is 1. The third-order valence-corrected chi connectivity index (χ3v) is 3.66. The first kappa shape index (κ1) is 14.5. The summed E-state index contributed by atoms with van der Waals surface area (Å²) in [6, 6.07) is 5.45. The minimum absolute atomic E-state index is 0.0971. The van der Waals surface area contributed by atoms with Crippen LogP contribution in [0.5, 0.6) is 0 Å². The van der Waals surface area contributed by atoms with E-state index in [1.54, 1.807) is 0 Å². The van der Waals surface area contributed by atoms with E-state index in [0.29, 0.717) is 15.5 Å². The number of nitrogens with zero attached hydrogens (tertiary/aromatic N) is 1. The van der Waals surface area contributed by atoms with Crippen molar-refractivity contribution < 1.29 is 8.78 Å². The molecule has 3 N–H and O–H groups in total. The first-order chi connectivity index (χ1) is 9.38. The molecule has 1 aromatic carbocycles. The monoisotopic (exact) mass is 293 g/mol. The van der Waals surface area contributed by atoms with Crippen molar-refractivity contribution in [3.8, 4) is 0 Å². The van der Waals surface area contributed by atoms with E-state index in [-0.39, 0.29) is 5.84 Å². The second kappa shape index (κ2) is 5.58. The number of hydrogen-bond donors (Lipinski definition) is 2. The Morgan fingerprint density at radius 2 is 1.90 bits per heavy atom. The zero-order chi connectivity index (χ0) is 14.9. The summed E-state index contributed by atoms with van der Waals surface area (Å²) in [5.41, 5.74) is 7.69. The van der Waals surface area contributed by atoms with Gasteiger partial charge in [-0.25, -0.2) is 13.8 Å². The van der Waals surface area contributed by atoms with Crippen LogP contribution in [0.1, 0.15) is 16.8 Å². The van der Waals surface area contributed by atoms with Gasteiger partial charge in [-0.15, -0.1) is 0 Å². The van der Waals surface area contributed by atoms with Crippen LogP contribution in [0.2, 0.25) is 0 Å². The first-order valence-electron chi connectivity index (χ1n) is 5.84. The van der Waals surface area contributed by atoms with Crippen LogP contribution in [0.3, 0.4) is 0 Å². The van der Waals surface area contributed by atoms with Crippen LogP contribution < -0.4 is 5.73 Å². The number of nitrogens with two attached hydrogens (primary N) is 1. The van der Waals surface area contributed by atoms with Crippen molar-refractivity contribution in [3.05, 3.63) is 52.7 Å². The molecule has 0 aliphatic rings. The Kier molecular flexibility index (Phi) is 4.04. The molecule has 0 fully saturated rings. The Hall–Kier alpha value is -1.95. The second-order valence-electron chi connectivity index (χ2n) is 4.35. The van der Waals surface area contributed by atoms with Gasteiger partial charge in [0.2, 0.25) is 0 Å². The Morgan fingerprint density at radius 1 is 1.20 bits per heavy atom. The molecule has 0 atom stereocenters. The summed E-state index contributed by atoms with van der Waals surface area (Å²) < 4.78 is 26.1.